The van der Waals surface area contributed by atoms with Crippen LogP contribution >= 0.6 is 27.7 Å². The van der Waals surface area contributed by atoms with Crippen molar-refractivity contribution in [3.05, 3.63) is 40.9 Å². The minimum atomic E-state index is 0.604. The fraction of sp³-hybridized carbons (Fsp3) is 0.143. The third kappa shape index (κ3) is 2.82. The predicted molar refractivity (Wildman–Crippen MR) is 80.1 cm³/mol. The number of hydrogen-bond donors (Lipinski definition) is 1. The van der Waals surface area contributed by atoms with Crippen molar-refractivity contribution >= 4 is 33.4 Å². The van der Waals surface area contributed by atoms with E-state index in [1.54, 1.807) is 11.8 Å². The van der Waals surface area contributed by atoms with Crippen molar-refractivity contribution in [3.63, 3.8) is 0 Å². The number of halogens is 1. The summed E-state index contributed by atoms with van der Waals surface area (Å²) in [7, 11) is 0. The minimum Gasteiger partial charge on any atom is -0.486 e. The Morgan fingerprint density at radius 1 is 1.00 bits per heavy atom. The smallest absolute Gasteiger partial charge is 0.162 e. The lowest BCUT2D eigenvalue weighted by molar-refractivity contribution is 0.171. The molecule has 1 aliphatic rings. The number of ether oxygens (including phenoxy) is 2. The fourth-order valence-electron chi connectivity index (χ4n) is 1.81. The van der Waals surface area contributed by atoms with E-state index >= 15 is 0 Å². The first-order valence-electron chi connectivity index (χ1n) is 5.85. The van der Waals surface area contributed by atoms with E-state index in [0.717, 1.165) is 31.5 Å². The summed E-state index contributed by atoms with van der Waals surface area (Å²) in [6.45, 7) is 1.22. The molecule has 0 aliphatic carbocycles. The lowest BCUT2D eigenvalue weighted by Gasteiger charge is -2.18. The van der Waals surface area contributed by atoms with Crippen molar-refractivity contribution in [2.75, 3.05) is 18.9 Å². The van der Waals surface area contributed by atoms with Crippen LogP contribution in [0.15, 0.2) is 50.7 Å². The number of rotatable bonds is 2. The molecule has 19 heavy (non-hydrogen) atoms. The van der Waals surface area contributed by atoms with Gasteiger partial charge in [0, 0.05) is 20.0 Å². The van der Waals surface area contributed by atoms with Crippen LogP contribution in [0.1, 0.15) is 0 Å². The molecule has 0 aromatic heterocycles. The van der Waals surface area contributed by atoms with Crippen LogP contribution in [0.4, 0.5) is 5.69 Å². The zero-order chi connectivity index (χ0) is 13.2. The van der Waals surface area contributed by atoms with Crippen LogP contribution in [-0.4, -0.2) is 13.2 Å². The predicted octanol–water partition coefficient (Wildman–Crippen LogP) is 3.95. The van der Waals surface area contributed by atoms with E-state index in [2.05, 4.69) is 15.9 Å². The number of fused-ring (bicyclic) bond motifs is 1. The molecule has 2 N–H and O–H groups in total. The highest BCUT2D eigenvalue weighted by Gasteiger charge is 2.12. The van der Waals surface area contributed by atoms with Crippen LogP contribution in [0.5, 0.6) is 11.5 Å². The molecule has 98 valence electrons. The van der Waals surface area contributed by atoms with Gasteiger partial charge < -0.3 is 15.2 Å². The van der Waals surface area contributed by atoms with Crippen molar-refractivity contribution < 1.29 is 9.47 Å². The summed E-state index contributed by atoms with van der Waals surface area (Å²) in [6.07, 6.45) is 0. The highest BCUT2D eigenvalue weighted by atomic mass is 79.9. The number of benzene rings is 2. The molecule has 2 aromatic carbocycles. The van der Waals surface area contributed by atoms with E-state index < -0.39 is 0 Å². The van der Waals surface area contributed by atoms with Crippen molar-refractivity contribution in [2.24, 2.45) is 0 Å². The third-order valence-corrected chi connectivity index (χ3v) is 4.68. The average Bonchev–Trinajstić information content (AvgIpc) is 2.42. The molecule has 0 bridgehead atoms. The maximum atomic E-state index is 5.74. The van der Waals surface area contributed by atoms with Gasteiger partial charge in [0.25, 0.3) is 0 Å². The van der Waals surface area contributed by atoms with Gasteiger partial charge >= 0.3 is 0 Å². The van der Waals surface area contributed by atoms with Crippen LogP contribution in [0, 0.1) is 0 Å². The minimum absolute atomic E-state index is 0.604. The Bertz CT molecular complexity index is 618. The van der Waals surface area contributed by atoms with Gasteiger partial charge in [-0.25, -0.2) is 0 Å². The van der Waals surface area contributed by atoms with Gasteiger partial charge in [-0.2, -0.15) is 0 Å². The summed E-state index contributed by atoms with van der Waals surface area (Å²) in [6, 6.07) is 11.8. The SMILES string of the molecule is Nc1ccc(Sc2ccc3c(c2)OCCO3)c(Br)c1. The van der Waals surface area contributed by atoms with Gasteiger partial charge in [0.05, 0.1) is 0 Å². The second-order valence-electron chi connectivity index (χ2n) is 4.10. The van der Waals surface area contributed by atoms with Gasteiger partial charge in [0.2, 0.25) is 0 Å². The van der Waals surface area contributed by atoms with Gasteiger partial charge in [-0.1, -0.05) is 11.8 Å². The molecule has 0 saturated heterocycles. The quantitative estimate of drug-likeness (QED) is 0.842. The molecule has 3 nitrogen and oxygen atoms in total. The zero-order valence-electron chi connectivity index (χ0n) is 10.1. The lowest BCUT2D eigenvalue weighted by Crippen LogP contribution is -2.15. The lowest BCUT2D eigenvalue weighted by atomic mass is 10.3. The molecule has 0 saturated carbocycles. The Morgan fingerprint density at radius 3 is 2.58 bits per heavy atom. The molecule has 0 spiro atoms. The molecular weight excluding hydrogens is 326 g/mol. The van der Waals surface area contributed by atoms with E-state index in [1.165, 1.54) is 0 Å². The van der Waals surface area contributed by atoms with E-state index in [4.69, 9.17) is 15.2 Å². The molecule has 5 heteroatoms. The Labute approximate surface area is 124 Å². The Morgan fingerprint density at radius 2 is 1.79 bits per heavy atom. The molecule has 1 aliphatic heterocycles. The third-order valence-electron chi connectivity index (χ3n) is 2.70. The molecule has 0 atom stereocenters. The molecular formula is C14H12BrNO2S. The molecule has 0 fully saturated rings. The van der Waals surface area contributed by atoms with Crippen molar-refractivity contribution in [3.8, 4) is 11.5 Å². The van der Waals surface area contributed by atoms with E-state index in [0.29, 0.717) is 13.2 Å². The fourth-order valence-corrected chi connectivity index (χ4v) is 3.30. The standard InChI is InChI=1S/C14H12BrNO2S/c15-11-7-9(16)1-4-14(11)19-10-2-3-12-13(8-10)18-6-5-17-12/h1-4,7-8H,5-6,16H2. The Balaban J connectivity index is 1.87. The molecule has 2 aromatic rings. The first-order valence-corrected chi connectivity index (χ1v) is 7.46. The van der Waals surface area contributed by atoms with Gasteiger partial charge in [-0.05, 0) is 52.3 Å². The summed E-state index contributed by atoms with van der Waals surface area (Å²) in [5, 5.41) is 0. The molecule has 3 rings (SSSR count). The van der Waals surface area contributed by atoms with E-state index in [-0.39, 0.29) is 0 Å². The molecule has 0 radical (unpaired) electrons. The highest BCUT2D eigenvalue weighted by molar-refractivity contribution is 9.10. The zero-order valence-corrected chi connectivity index (χ0v) is 12.5. The summed E-state index contributed by atoms with van der Waals surface area (Å²) in [5.74, 6) is 1.62. The average molecular weight is 338 g/mol. The highest BCUT2D eigenvalue weighted by Crippen LogP contribution is 2.39. The summed E-state index contributed by atoms with van der Waals surface area (Å²) in [4.78, 5) is 2.22. The van der Waals surface area contributed by atoms with Crippen LogP contribution in [0.3, 0.4) is 0 Å². The van der Waals surface area contributed by atoms with Crippen LogP contribution < -0.4 is 15.2 Å². The normalized spacial score (nSPS) is 13.3. The van der Waals surface area contributed by atoms with Crippen molar-refractivity contribution in [2.45, 2.75) is 9.79 Å². The largest absolute Gasteiger partial charge is 0.486 e. The van der Waals surface area contributed by atoms with E-state index in [1.807, 2.05) is 36.4 Å². The van der Waals surface area contributed by atoms with Crippen molar-refractivity contribution in [1.82, 2.24) is 0 Å². The van der Waals surface area contributed by atoms with E-state index in [9.17, 15) is 0 Å². The second-order valence-corrected chi connectivity index (χ2v) is 6.07. The van der Waals surface area contributed by atoms with Crippen LogP contribution in [-0.2, 0) is 0 Å². The summed E-state index contributed by atoms with van der Waals surface area (Å²) >= 11 is 5.18. The van der Waals surface area contributed by atoms with Crippen molar-refractivity contribution in [1.29, 1.82) is 0 Å². The monoisotopic (exact) mass is 337 g/mol. The summed E-state index contributed by atoms with van der Waals surface area (Å²) in [5.41, 5.74) is 6.48. The van der Waals surface area contributed by atoms with Gasteiger partial charge in [-0.3, -0.25) is 0 Å². The number of nitrogens with two attached hydrogens (primary N) is 1. The first kappa shape index (κ1) is 12.7. The maximum absolute atomic E-state index is 5.74. The topological polar surface area (TPSA) is 44.5 Å². The number of hydrogen-bond acceptors (Lipinski definition) is 4. The summed E-state index contributed by atoms with van der Waals surface area (Å²) < 4.78 is 12.1. The Hall–Kier alpha value is -1.33. The molecule has 0 amide bonds. The number of nitrogen functional groups attached to an aromatic ring is 1. The molecule has 0 unspecified atom stereocenters. The number of anilines is 1. The molecule has 1 heterocycles. The van der Waals surface area contributed by atoms with Gasteiger partial charge in [-0.15, -0.1) is 0 Å². The van der Waals surface area contributed by atoms with Crippen LogP contribution in [0.2, 0.25) is 0 Å². The first-order chi connectivity index (χ1) is 9.22. The van der Waals surface area contributed by atoms with Gasteiger partial charge in [0.1, 0.15) is 13.2 Å². The Kier molecular flexibility index (Phi) is 3.57. The second kappa shape index (κ2) is 5.35. The van der Waals surface area contributed by atoms with Crippen LogP contribution in [0.25, 0.3) is 0 Å². The van der Waals surface area contributed by atoms with Gasteiger partial charge in [0.15, 0.2) is 11.5 Å². The maximum Gasteiger partial charge on any atom is 0.162 e.